The minimum Gasteiger partial charge on any atom is -0.456 e. The van der Waals surface area contributed by atoms with Crippen molar-refractivity contribution in [1.82, 2.24) is 15.2 Å². The van der Waals surface area contributed by atoms with Gasteiger partial charge in [-0.15, -0.1) is 0 Å². The number of aromatic amines is 1. The normalized spacial score (nSPS) is 13.5. The summed E-state index contributed by atoms with van der Waals surface area (Å²) in [6, 6.07) is 10.9. The topological polar surface area (TPSA) is 79.9 Å². The first-order chi connectivity index (χ1) is 12.8. The number of benzene rings is 1. The molecule has 3 aromatic rings. The van der Waals surface area contributed by atoms with E-state index < -0.39 is 0 Å². The third-order valence-electron chi connectivity index (χ3n) is 4.50. The second-order valence-corrected chi connectivity index (χ2v) is 6.36. The molecule has 1 aliphatic carbocycles. The van der Waals surface area contributed by atoms with Crippen LogP contribution in [0.25, 0.3) is 0 Å². The molecule has 6 heteroatoms. The zero-order valence-electron chi connectivity index (χ0n) is 14.4. The Morgan fingerprint density at radius 3 is 2.69 bits per heavy atom. The first-order valence-electron chi connectivity index (χ1n) is 8.85. The Labute approximate surface area is 151 Å². The van der Waals surface area contributed by atoms with Crippen LogP contribution in [-0.2, 0) is 12.8 Å². The van der Waals surface area contributed by atoms with Crippen LogP contribution < -0.4 is 10.1 Å². The average molecular weight is 348 g/mol. The number of nitrogens with one attached hydrogen (secondary N) is 2. The van der Waals surface area contributed by atoms with E-state index in [-0.39, 0.29) is 5.91 Å². The predicted molar refractivity (Wildman–Crippen MR) is 98.6 cm³/mol. The van der Waals surface area contributed by atoms with E-state index in [1.54, 1.807) is 12.4 Å². The molecule has 4 rings (SSSR count). The van der Waals surface area contributed by atoms with Gasteiger partial charge >= 0.3 is 0 Å². The highest BCUT2D eigenvalue weighted by Gasteiger charge is 2.20. The molecule has 1 aromatic carbocycles. The summed E-state index contributed by atoms with van der Waals surface area (Å²) < 4.78 is 5.71. The molecule has 26 heavy (non-hydrogen) atoms. The molecule has 0 radical (unpaired) electrons. The molecular formula is C20H20N4O2. The van der Waals surface area contributed by atoms with Gasteiger partial charge in [-0.25, -0.2) is 0 Å². The van der Waals surface area contributed by atoms with Gasteiger partial charge in [0.05, 0.1) is 6.20 Å². The predicted octanol–water partition coefficient (Wildman–Crippen LogP) is 4.12. The summed E-state index contributed by atoms with van der Waals surface area (Å²) in [6.07, 6.45) is 8.67. The number of carbonyl (C=O) groups excluding carboxylic acids is 1. The highest BCUT2D eigenvalue weighted by molar-refractivity contribution is 6.04. The first-order valence-corrected chi connectivity index (χ1v) is 8.85. The number of ether oxygens (including phenoxy) is 1. The maximum absolute atomic E-state index is 12.6. The fourth-order valence-electron chi connectivity index (χ4n) is 3.19. The molecule has 0 saturated heterocycles. The van der Waals surface area contributed by atoms with Gasteiger partial charge in [-0.1, -0.05) is 6.42 Å². The van der Waals surface area contributed by atoms with E-state index in [0.29, 0.717) is 22.9 Å². The fraction of sp³-hybridized carbons (Fsp3) is 0.250. The lowest BCUT2D eigenvalue weighted by atomic mass is 10.1. The number of fused-ring (bicyclic) bond motifs is 1. The van der Waals surface area contributed by atoms with Crippen molar-refractivity contribution >= 4 is 11.6 Å². The molecule has 0 unspecified atom stereocenters. The largest absolute Gasteiger partial charge is 0.456 e. The molecule has 0 fully saturated rings. The molecule has 0 saturated carbocycles. The lowest BCUT2D eigenvalue weighted by Gasteiger charge is -2.08. The van der Waals surface area contributed by atoms with Crippen LogP contribution in [0.1, 0.15) is 41.0 Å². The summed E-state index contributed by atoms with van der Waals surface area (Å²) in [5.74, 6) is 1.18. The van der Waals surface area contributed by atoms with Crippen LogP contribution in [0.4, 0.5) is 5.69 Å². The molecule has 0 aliphatic heterocycles. The molecule has 0 bridgehead atoms. The monoisotopic (exact) mass is 348 g/mol. The Balaban J connectivity index is 1.44. The van der Waals surface area contributed by atoms with Crippen LogP contribution in [-0.4, -0.2) is 21.1 Å². The van der Waals surface area contributed by atoms with Gasteiger partial charge in [-0.3, -0.25) is 14.9 Å². The molecule has 2 heterocycles. The molecule has 0 spiro atoms. The summed E-state index contributed by atoms with van der Waals surface area (Å²) in [7, 11) is 0. The third kappa shape index (κ3) is 3.59. The number of H-pyrrole nitrogens is 1. The van der Waals surface area contributed by atoms with Gasteiger partial charge in [0.15, 0.2) is 5.69 Å². The van der Waals surface area contributed by atoms with Crippen molar-refractivity contribution in [2.24, 2.45) is 0 Å². The number of amides is 1. The van der Waals surface area contributed by atoms with E-state index in [4.69, 9.17) is 4.74 Å². The Morgan fingerprint density at radius 1 is 1.04 bits per heavy atom. The van der Waals surface area contributed by atoms with E-state index in [1.165, 1.54) is 6.42 Å². The van der Waals surface area contributed by atoms with Crippen LogP contribution in [0.2, 0.25) is 0 Å². The van der Waals surface area contributed by atoms with E-state index >= 15 is 0 Å². The van der Waals surface area contributed by atoms with E-state index in [2.05, 4.69) is 20.5 Å². The summed E-state index contributed by atoms with van der Waals surface area (Å²) in [5.41, 5.74) is 3.39. The van der Waals surface area contributed by atoms with Crippen LogP contribution >= 0.6 is 0 Å². The SMILES string of the molecule is O=C(Nc1ccc(Oc2cccnc2)cc1)c1n[nH]c2c1CCCCC2. The second-order valence-electron chi connectivity index (χ2n) is 6.36. The number of aryl methyl sites for hydroxylation is 1. The van der Waals surface area contributed by atoms with Crippen molar-refractivity contribution < 1.29 is 9.53 Å². The van der Waals surface area contributed by atoms with Gasteiger partial charge in [-0.05, 0) is 62.1 Å². The Bertz CT molecular complexity index is 888. The maximum atomic E-state index is 12.6. The Morgan fingerprint density at radius 2 is 1.88 bits per heavy atom. The molecule has 132 valence electrons. The number of nitrogens with zero attached hydrogens (tertiary/aromatic N) is 2. The Kier molecular flexibility index (Phi) is 4.64. The summed E-state index contributed by atoms with van der Waals surface area (Å²) >= 11 is 0. The Hall–Kier alpha value is -3.15. The zero-order valence-corrected chi connectivity index (χ0v) is 14.4. The smallest absolute Gasteiger partial charge is 0.276 e. The van der Waals surface area contributed by atoms with Crippen LogP contribution in [0.5, 0.6) is 11.5 Å². The van der Waals surface area contributed by atoms with E-state index in [1.807, 2.05) is 36.4 Å². The lowest BCUT2D eigenvalue weighted by Crippen LogP contribution is -2.14. The lowest BCUT2D eigenvalue weighted by molar-refractivity contribution is 0.102. The number of carbonyl (C=O) groups is 1. The van der Waals surface area contributed by atoms with Crippen LogP contribution in [0.3, 0.4) is 0 Å². The fourth-order valence-corrected chi connectivity index (χ4v) is 3.19. The van der Waals surface area contributed by atoms with Gasteiger partial charge in [-0.2, -0.15) is 5.10 Å². The molecule has 2 N–H and O–H groups in total. The van der Waals surface area contributed by atoms with E-state index in [0.717, 1.165) is 36.9 Å². The van der Waals surface area contributed by atoms with Crippen LogP contribution in [0.15, 0.2) is 48.8 Å². The summed E-state index contributed by atoms with van der Waals surface area (Å²) in [5, 5.41) is 10.2. The molecule has 0 atom stereocenters. The van der Waals surface area contributed by atoms with Crippen molar-refractivity contribution in [1.29, 1.82) is 0 Å². The number of hydrogen-bond donors (Lipinski definition) is 2. The highest BCUT2D eigenvalue weighted by atomic mass is 16.5. The molecule has 6 nitrogen and oxygen atoms in total. The summed E-state index contributed by atoms with van der Waals surface area (Å²) in [6.45, 7) is 0. The van der Waals surface area contributed by atoms with Gasteiger partial charge in [0.2, 0.25) is 0 Å². The minimum atomic E-state index is -0.176. The maximum Gasteiger partial charge on any atom is 0.276 e. The zero-order chi connectivity index (χ0) is 17.8. The molecule has 1 amide bonds. The molecular weight excluding hydrogens is 328 g/mol. The van der Waals surface area contributed by atoms with E-state index in [9.17, 15) is 4.79 Å². The summed E-state index contributed by atoms with van der Waals surface area (Å²) in [4.78, 5) is 16.6. The quantitative estimate of drug-likeness (QED) is 0.695. The van der Waals surface area contributed by atoms with Crippen LogP contribution in [0, 0.1) is 0 Å². The average Bonchev–Trinajstić information content (AvgIpc) is 2.93. The first kappa shape index (κ1) is 16.3. The molecule has 2 aromatic heterocycles. The molecule has 1 aliphatic rings. The van der Waals surface area contributed by atoms with Gasteiger partial charge in [0, 0.05) is 23.1 Å². The third-order valence-corrected chi connectivity index (χ3v) is 4.50. The van der Waals surface area contributed by atoms with Gasteiger partial charge in [0.1, 0.15) is 11.5 Å². The van der Waals surface area contributed by atoms with Crippen molar-refractivity contribution in [3.05, 3.63) is 65.7 Å². The van der Waals surface area contributed by atoms with Gasteiger partial charge in [0.25, 0.3) is 5.91 Å². The number of pyridine rings is 1. The second kappa shape index (κ2) is 7.39. The standard InChI is InChI=1S/C20H20N4O2/c25-20(19-17-6-2-1-3-7-18(17)23-24-19)22-14-8-10-15(11-9-14)26-16-5-4-12-21-13-16/h4-5,8-13H,1-3,6-7H2,(H,22,25)(H,23,24). The number of rotatable bonds is 4. The number of aromatic nitrogens is 3. The van der Waals surface area contributed by atoms with Crippen molar-refractivity contribution in [2.45, 2.75) is 32.1 Å². The highest BCUT2D eigenvalue weighted by Crippen LogP contribution is 2.24. The van der Waals surface area contributed by atoms with Crippen molar-refractivity contribution in [3.63, 3.8) is 0 Å². The number of anilines is 1. The minimum absolute atomic E-state index is 0.176. The van der Waals surface area contributed by atoms with Gasteiger partial charge < -0.3 is 10.1 Å². The number of hydrogen-bond acceptors (Lipinski definition) is 4. The van der Waals surface area contributed by atoms with Crippen molar-refractivity contribution in [2.75, 3.05) is 5.32 Å². The van der Waals surface area contributed by atoms with Crippen molar-refractivity contribution in [3.8, 4) is 11.5 Å².